The van der Waals surface area contributed by atoms with E-state index in [0.29, 0.717) is 11.8 Å². The molecule has 0 spiro atoms. The molecular formula is C13H25ClO. The Kier molecular flexibility index (Phi) is 6.67. The SMILES string of the molecule is CCCCCCCC1C(CC)COC1Cl. The van der Waals surface area contributed by atoms with Gasteiger partial charge in [0.25, 0.3) is 0 Å². The van der Waals surface area contributed by atoms with E-state index >= 15 is 0 Å². The standard InChI is InChI=1S/C13H25ClO/c1-3-5-6-7-8-9-12-11(4-2)10-15-13(12)14/h11-13H,3-10H2,1-2H3. The molecule has 0 bridgehead atoms. The third-order valence-corrected chi connectivity index (χ3v) is 4.03. The average molecular weight is 233 g/mol. The van der Waals surface area contributed by atoms with E-state index in [0.717, 1.165) is 6.61 Å². The second-order valence-electron chi connectivity index (χ2n) is 4.72. The number of unbranched alkanes of at least 4 members (excludes halogenated alkanes) is 4. The van der Waals surface area contributed by atoms with Crippen LogP contribution in [0.25, 0.3) is 0 Å². The van der Waals surface area contributed by atoms with Crippen molar-refractivity contribution in [3.63, 3.8) is 0 Å². The Labute approximate surface area is 99.5 Å². The van der Waals surface area contributed by atoms with Gasteiger partial charge in [-0.15, -0.1) is 0 Å². The van der Waals surface area contributed by atoms with Crippen molar-refractivity contribution in [2.75, 3.05) is 6.61 Å². The molecule has 1 aliphatic heterocycles. The molecule has 1 fully saturated rings. The molecule has 0 aromatic carbocycles. The van der Waals surface area contributed by atoms with Crippen molar-refractivity contribution in [1.29, 1.82) is 0 Å². The fraction of sp³-hybridized carbons (Fsp3) is 1.00. The molecule has 0 aromatic rings. The van der Waals surface area contributed by atoms with Gasteiger partial charge in [0.1, 0.15) is 5.56 Å². The van der Waals surface area contributed by atoms with E-state index in [1.165, 1.54) is 44.9 Å². The summed E-state index contributed by atoms with van der Waals surface area (Å²) in [7, 11) is 0. The Morgan fingerprint density at radius 3 is 2.53 bits per heavy atom. The lowest BCUT2D eigenvalue weighted by molar-refractivity contribution is 0.148. The van der Waals surface area contributed by atoms with Gasteiger partial charge in [-0.3, -0.25) is 0 Å². The first-order valence-electron chi connectivity index (χ1n) is 6.55. The molecule has 0 radical (unpaired) electrons. The summed E-state index contributed by atoms with van der Waals surface area (Å²) in [4.78, 5) is 0. The molecule has 0 aromatic heterocycles. The molecule has 1 aliphatic rings. The Balaban J connectivity index is 2.13. The highest BCUT2D eigenvalue weighted by Crippen LogP contribution is 2.35. The van der Waals surface area contributed by atoms with E-state index in [2.05, 4.69) is 13.8 Å². The van der Waals surface area contributed by atoms with Crippen LogP contribution in [-0.2, 0) is 4.74 Å². The van der Waals surface area contributed by atoms with Gasteiger partial charge in [-0.2, -0.15) is 0 Å². The third kappa shape index (κ3) is 4.32. The summed E-state index contributed by atoms with van der Waals surface area (Å²) in [6.45, 7) is 5.38. The minimum atomic E-state index is -0.0128. The van der Waals surface area contributed by atoms with Gasteiger partial charge < -0.3 is 4.74 Å². The van der Waals surface area contributed by atoms with Gasteiger partial charge in [-0.1, -0.05) is 64.0 Å². The van der Waals surface area contributed by atoms with Crippen molar-refractivity contribution in [3.05, 3.63) is 0 Å². The normalized spacial score (nSPS) is 31.0. The Hall–Kier alpha value is 0.250. The fourth-order valence-electron chi connectivity index (χ4n) is 2.45. The molecule has 0 saturated carbocycles. The lowest BCUT2D eigenvalue weighted by Gasteiger charge is -2.17. The summed E-state index contributed by atoms with van der Waals surface area (Å²) in [5, 5.41) is 0. The summed E-state index contributed by atoms with van der Waals surface area (Å²) in [6.07, 6.45) is 9.25. The molecule has 1 heterocycles. The molecule has 3 atom stereocenters. The highest BCUT2D eigenvalue weighted by atomic mass is 35.5. The zero-order chi connectivity index (χ0) is 11.1. The topological polar surface area (TPSA) is 9.23 Å². The molecule has 3 unspecified atom stereocenters. The second-order valence-corrected chi connectivity index (χ2v) is 5.15. The minimum Gasteiger partial charge on any atom is -0.362 e. The van der Waals surface area contributed by atoms with Gasteiger partial charge in [0.2, 0.25) is 0 Å². The van der Waals surface area contributed by atoms with Crippen molar-refractivity contribution in [3.8, 4) is 0 Å². The molecule has 0 N–H and O–H groups in total. The molecule has 2 heteroatoms. The lowest BCUT2D eigenvalue weighted by Crippen LogP contribution is -2.15. The van der Waals surface area contributed by atoms with Crippen LogP contribution in [0.15, 0.2) is 0 Å². The van der Waals surface area contributed by atoms with Gasteiger partial charge in [0.05, 0.1) is 6.61 Å². The quantitative estimate of drug-likeness (QED) is 0.461. The Morgan fingerprint density at radius 2 is 1.87 bits per heavy atom. The van der Waals surface area contributed by atoms with E-state index in [1.54, 1.807) is 0 Å². The molecule has 1 nitrogen and oxygen atoms in total. The summed E-state index contributed by atoms with van der Waals surface area (Å²) >= 11 is 6.17. The van der Waals surface area contributed by atoms with Crippen LogP contribution in [0.3, 0.4) is 0 Å². The van der Waals surface area contributed by atoms with Crippen LogP contribution < -0.4 is 0 Å². The first-order valence-corrected chi connectivity index (χ1v) is 6.98. The molecule has 0 aliphatic carbocycles. The van der Waals surface area contributed by atoms with E-state index < -0.39 is 0 Å². The van der Waals surface area contributed by atoms with Crippen molar-refractivity contribution in [1.82, 2.24) is 0 Å². The highest BCUT2D eigenvalue weighted by Gasteiger charge is 2.33. The highest BCUT2D eigenvalue weighted by molar-refractivity contribution is 6.20. The maximum absolute atomic E-state index is 6.17. The largest absolute Gasteiger partial charge is 0.362 e. The third-order valence-electron chi connectivity index (χ3n) is 3.58. The van der Waals surface area contributed by atoms with E-state index in [4.69, 9.17) is 16.3 Å². The van der Waals surface area contributed by atoms with Crippen LogP contribution >= 0.6 is 11.6 Å². The van der Waals surface area contributed by atoms with E-state index in [1.807, 2.05) is 0 Å². The number of hydrogen-bond donors (Lipinski definition) is 0. The number of rotatable bonds is 7. The minimum absolute atomic E-state index is 0.0128. The van der Waals surface area contributed by atoms with Gasteiger partial charge >= 0.3 is 0 Å². The summed E-state index contributed by atoms with van der Waals surface area (Å²) in [5.41, 5.74) is -0.0128. The smallest absolute Gasteiger partial charge is 0.134 e. The van der Waals surface area contributed by atoms with Crippen LogP contribution in [0.1, 0.15) is 58.8 Å². The second kappa shape index (κ2) is 7.51. The van der Waals surface area contributed by atoms with Gasteiger partial charge in [-0.25, -0.2) is 0 Å². The molecule has 90 valence electrons. The molecule has 1 saturated heterocycles. The van der Waals surface area contributed by atoms with Crippen LogP contribution in [0.4, 0.5) is 0 Å². The molecular weight excluding hydrogens is 208 g/mol. The number of alkyl halides is 1. The Bertz CT molecular complexity index is 161. The fourth-order valence-corrected chi connectivity index (χ4v) is 2.85. The Morgan fingerprint density at radius 1 is 1.13 bits per heavy atom. The van der Waals surface area contributed by atoms with Gasteiger partial charge in [0, 0.05) is 5.92 Å². The van der Waals surface area contributed by atoms with Crippen LogP contribution in [0, 0.1) is 11.8 Å². The maximum Gasteiger partial charge on any atom is 0.134 e. The average Bonchev–Trinajstić information content (AvgIpc) is 2.60. The zero-order valence-electron chi connectivity index (χ0n) is 10.2. The predicted octanol–water partition coefficient (Wildman–Crippen LogP) is 4.58. The van der Waals surface area contributed by atoms with Crippen LogP contribution in [0.2, 0.25) is 0 Å². The maximum atomic E-state index is 6.17. The van der Waals surface area contributed by atoms with Crippen molar-refractivity contribution in [2.45, 2.75) is 64.4 Å². The summed E-state index contributed by atoms with van der Waals surface area (Å²) < 4.78 is 5.51. The predicted molar refractivity (Wildman–Crippen MR) is 66.2 cm³/mol. The monoisotopic (exact) mass is 232 g/mol. The van der Waals surface area contributed by atoms with Crippen molar-refractivity contribution < 1.29 is 4.74 Å². The molecule has 1 rings (SSSR count). The van der Waals surface area contributed by atoms with Gasteiger partial charge in [0.15, 0.2) is 0 Å². The zero-order valence-corrected chi connectivity index (χ0v) is 10.9. The number of halogens is 1. The van der Waals surface area contributed by atoms with Crippen molar-refractivity contribution >= 4 is 11.6 Å². The molecule has 15 heavy (non-hydrogen) atoms. The summed E-state index contributed by atoms with van der Waals surface area (Å²) in [5.74, 6) is 1.32. The van der Waals surface area contributed by atoms with Crippen LogP contribution in [0.5, 0.6) is 0 Å². The lowest BCUT2D eigenvalue weighted by atomic mass is 9.88. The van der Waals surface area contributed by atoms with Crippen molar-refractivity contribution in [2.24, 2.45) is 11.8 Å². The van der Waals surface area contributed by atoms with Gasteiger partial charge in [-0.05, 0) is 12.3 Å². The van der Waals surface area contributed by atoms with Crippen LogP contribution in [-0.4, -0.2) is 12.2 Å². The van der Waals surface area contributed by atoms with E-state index in [-0.39, 0.29) is 5.56 Å². The molecule has 0 amide bonds. The van der Waals surface area contributed by atoms with E-state index in [9.17, 15) is 0 Å². The number of ether oxygens (including phenoxy) is 1. The number of hydrogen-bond acceptors (Lipinski definition) is 1. The first kappa shape index (κ1) is 13.3. The first-order chi connectivity index (χ1) is 7.29. The summed E-state index contributed by atoms with van der Waals surface area (Å²) in [6, 6.07) is 0.